The van der Waals surface area contributed by atoms with Crippen LogP contribution in [0.3, 0.4) is 0 Å². The van der Waals surface area contributed by atoms with Crippen LogP contribution in [0.2, 0.25) is 0 Å². The van der Waals surface area contributed by atoms with Gasteiger partial charge in [0.2, 0.25) is 5.82 Å². The fraction of sp³-hybridized carbons (Fsp3) is 0.150. The minimum atomic E-state index is -0.296. The van der Waals surface area contributed by atoms with E-state index in [4.69, 9.17) is 9.51 Å². The molecule has 0 radical (unpaired) electrons. The number of rotatable bonds is 4. The van der Waals surface area contributed by atoms with E-state index >= 15 is 0 Å². The zero-order chi connectivity index (χ0) is 17.5. The molecule has 6 heteroatoms. The monoisotopic (exact) mass is 363 g/mol. The maximum absolute atomic E-state index is 13.1. The lowest BCUT2D eigenvalue weighted by Crippen LogP contribution is -1.85. The van der Waals surface area contributed by atoms with Crippen molar-refractivity contribution >= 4 is 11.3 Å². The van der Waals surface area contributed by atoms with Gasteiger partial charge in [-0.1, -0.05) is 23.4 Å². The maximum Gasteiger partial charge on any atom is 0.258 e. The van der Waals surface area contributed by atoms with Gasteiger partial charge in [0, 0.05) is 28.0 Å². The molecule has 2 aromatic heterocycles. The third-order valence-corrected chi connectivity index (χ3v) is 5.39. The van der Waals surface area contributed by atoms with Gasteiger partial charge in [-0.25, -0.2) is 9.37 Å². The van der Waals surface area contributed by atoms with Crippen LogP contribution in [-0.2, 0) is 0 Å². The Hall–Kier alpha value is -2.86. The molecule has 1 aliphatic rings. The predicted octanol–water partition coefficient (Wildman–Crippen LogP) is 5.54. The van der Waals surface area contributed by atoms with Gasteiger partial charge in [0.05, 0.1) is 10.7 Å². The highest BCUT2D eigenvalue weighted by Crippen LogP contribution is 2.42. The Kier molecular flexibility index (Phi) is 3.64. The van der Waals surface area contributed by atoms with Crippen molar-refractivity contribution < 1.29 is 8.91 Å². The molecule has 26 heavy (non-hydrogen) atoms. The highest BCUT2D eigenvalue weighted by Gasteiger charge is 2.26. The van der Waals surface area contributed by atoms with Crippen LogP contribution in [0.15, 0.2) is 58.4 Å². The number of hydrogen-bond donors (Lipinski definition) is 0. The second-order valence-electron chi connectivity index (χ2n) is 6.36. The molecule has 0 spiro atoms. The Morgan fingerprint density at radius 3 is 2.58 bits per heavy atom. The third-order valence-electron chi connectivity index (χ3n) is 4.38. The summed E-state index contributed by atoms with van der Waals surface area (Å²) >= 11 is 1.73. The molecule has 0 bridgehead atoms. The van der Waals surface area contributed by atoms with Crippen molar-refractivity contribution in [3.8, 4) is 34.1 Å². The van der Waals surface area contributed by atoms with E-state index in [1.807, 2.05) is 24.3 Å². The van der Waals surface area contributed by atoms with Crippen LogP contribution in [0.4, 0.5) is 4.39 Å². The van der Waals surface area contributed by atoms with Gasteiger partial charge in [0.1, 0.15) is 5.82 Å². The van der Waals surface area contributed by atoms with Gasteiger partial charge in [-0.3, -0.25) is 0 Å². The van der Waals surface area contributed by atoms with E-state index < -0.39 is 0 Å². The molecular weight excluding hydrogens is 349 g/mol. The summed E-state index contributed by atoms with van der Waals surface area (Å²) in [6, 6.07) is 14.0. The van der Waals surface area contributed by atoms with E-state index in [1.54, 1.807) is 23.5 Å². The van der Waals surface area contributed by atoms with Crippen molar-refractivity contribution in [2.45, 2.75) is 18.8 Å². The first kappa shape index (κ1) is 15.4. The van der Waals surface area contributed by atoms with Crippen molar-refractivity contribution in [2.24, 2.45) is 0 Å². The molecule has 0 atom stereocenters. The van der Waals surface area contributed by atoms with Crippen LogP contribution >= 0.6 is 11.3 Å². The first-order valence-corrected chi connectivity index (χ1v) is 9.30. The second-order valence-corrected chi connectivity index (χ2v) is 7.25. The Morgan fingerprint density at radius 2 is 1.77 bits per heavy atom. The van der Waals surface area contributed by atoms with Crippen LogP contribution in [0.5, 0.6) is 0 Å². The van der Waals surface area contributed by atoms with Crippen molar-refractivity contribution in [1.82, 2.24) is 15.1 Å². The number of thiazole rings is 1. The average molecular weight is 363 g/mol. The fourth-order valence-corrected chi connectivity index (χ4v) is 3.81. The molecule has 1 aliphatic carbocycles. The molecule has 5 rings (SSSR count). The second kappa shape index (κ2) is 6.14. The third kappa shape index (κ3) is 2.93. The van der Waals surface area contributed by atoms with Gasteiger partial charge in [-0.05, 0) is 43.2 Å². The summed E-state index contributed by atoms with van der Waals surface area (Å²) in [7, 11) is 0. The predicted molar refractivity (Wildman–Crippen MR) is 98.2 cm³/mol. The highest BCUT2D eigenvalue weighted by molar-refractivity contribution is 7.10. The standard InChI is InChI=1S/C20H14FN3OS/c21-16-8-6-12(7-9-16)19-23-18(24-25-19)15-3-1-2-14(10-15)17-11-26-20(22-17)13-4-5-13/h1-3,6-11,13H,4-5H2. The lowest BCUT2D eigenvalue weighted by molar-refractivity contribution is 0.432. The minimum Gasteiger partial charge on any atom is -0.334 e. The van der Waals surface area contributed by atoms with E-state index in [-0.39, 0.29) is 5.82 Å². The topological polar surface area (TPSA) is 51.8 Å². The summed E-state index contributed by atoms with van der Waals surface area (Å²) in [6.45, 7) is 0. The van der Waals surface area contributed by atoms with Gasteiger partial charge >= 0.3 is 0 Å². The van der Waals surface area contributed by atoms with Crippen molar-refractivity contribution in [2.75, 3.05) is 0 Å². The van der Waals surface area contributed by atoms with Crippen LogP contribution in [0.1, 0.15) is 23.8 Å². The molecule has 4 aromatic rings. The van der Waals surface area contributed by atoms with Gasteiger partial charge in [-0.15, -0.1) is 11.3 Å². The average Bonchev–Trinajstić information content (AvgIpc) is 3.21. The molecule has 2 heterocycles. The van der Waals surface area contributed by atoms with E-state index in [0.29, 0.717) is 23.2 Å². The van der Waals surface area contributed by atoms with E-state index in [1.165, 1.54) is 30.0 Å². The summed E-state index contributed by atoms with van der Waals surface area (Å²) in [4.78, 5) is 9.20. The Morgan fingerprint density at radius 1 is 0.962 bits per heavy atom. The summed E-state index contributed by atoms with van der Waals surface area (Å²) < 4.78 is 18.4. The molecule has 0 saturated heterocycles. The molecule has 0 aliphatic heterocycles. The molecule has 1 saturated carbocycles. The summed E-state index contributed by atoms with van der Waals surface area (Å²) in [6.07, 6.45) is 2.50. The Bertz CT molecular complexity index is 1070. The first-order chi connectivity index (χ1) is 12.8. The fourth-order valence-electron chi connectivity index (χ4n) is 2.81. The molecular formula is C20H14FN3OS. The number of aromatic nitrogens is 3. The smallest absolute Gasteiger partial charge is 0.258 e. The summed E-state index contributed by atoms with van der Waals surface area (Å²) in [5.74, 6) is 1.24. The molecule has 0 amide bonds. The van der Waals surface area contributed by atoms with Crippen LogP contribution in [0.25, 0.3) is 34.1 Å². The zero-order valence-corrected chi connectivity index (χ0v) is 14.5. The minimum absolute atomic E-state index is 0.296. The highest BCUT2D eigenvalue weighted by atomic mass is 32.1. The van der Waals surface area contributed by atoms with E-state index in [2.05, 4.69) is 15.5 Å². The molecule has 1 fully saturated rings. The largest absolute Gasteiger partial charge is 0.334 e. The Balaban J connectivity index is 1.46. The van der Waals surface area contributed by atoms with Gasteiger partial charge in [0.15, 0.2) is 0 Å². The molecule has 128 valence electrons. The van der Waals surface area contributed by atoms with Crippen LogP contribution in [0, 0.1) is 5.82 Å². The van der Waals surface area contributed by atoms with Crippen molar-refractivity contribution in [1.29, 1.82) is 0 Å². The van der Waals surface area contributed by atoms with Crippen molar-refractivity contribution in [3.63, 3.8) is 0 Å². The lowest BCUT2D eigenvalue weighted by Gasteiger charge is -1.99. The SMILES string of the molecule is Fc1ccc(-c2nc(-c3cccc(-c4csc(C5CC5)n4)c3)no2)cc1. The number of nitrogens with zero attached hydrogens (tertiary/aromatic N) is 3. The van der Waals surface area contributed by atoms with Crippen molar-refractivity contribution in [3.05, 3.63) is 64.7 Å². The molecule has 0 N–H and O–H groups in total. The van der Waals surface area contributed by atoms with Gasteiger partial charge < -0.3 is 4.52 Å². The summed E-state index contributed by atoms with van der Waals surface area (Å²) in [5, 5.41) is 7.40. The lowest BCUT2D eigenvalue weighted by atomic mass is 10.1. The van der Waals surface area contributed by atoms with Crippen LogP contribution < -0.4 is 0 Å². The van der Waals surface area contributed by atoms with E-state index in [9.17, 15) is 4.39 Å². The van der Waals surface area contributed by atoms with Gasteiger partial charge in [0.25, 0.3) is 5.89 Å². The van der Waals surface area contributed by atoms with E-state index in [0.717, 1.165) is 16.8 Å². The quantitative estimate of drug-likeness (QED) is 0.477. The molecule has 0 unspecified atom stereocenters. The Labute approximate surface area is 153 Å². The first-order valence-electron chi connectivity index (χ1n) is 8.42. The number of benzene rings is 2. The maximum atomic E-state index is 13.1. The normalized spacial score (nSPS) is 13.9. The zero-order valence-electron chi connectivity index (χ0n) is 13.7. The van der Waals surface area contributed by atoms with Crippen LogP contribution in [-0.4, -0.2) is 15.1 Å². The number of hydrogen-bond acceptors (Lipinski definition) is 5. The summed E-state index contributed by atoms with van der Waals surface area (Å²) in [5.41, 5.74) is 3.58. The molecule has 4 nitrogen and oxygen atoms in total. The molecule has 2 aromatic carbocycles. The number of halogens is 1. The van der Waals surface area contributed by atoms with Gasteiger partial charge in [-0.2, -0.15) is 4.98 Å².